The number of phenolic OH excluding ortho intramolecular Hbond substituents is 1. The minimum absolute atomic E-state index is 0. The van der Waals surface area contributed by atoms with Gasteiger partial charge in [0.2, 0.25) is 0 Å². The van der Waals surface area contributed by atoms with Crippen LogP contribution >= 0.6 is 0 Å². The van der Waals surface area contributed by atoms with Gasteiger partial charge in [-0.1, -0.05) is 165 Å². The molecular formula is C56H56N3OPt-. The fourth-order valence-electron chi connectivity index (χ4n) is 8.15. The fraction of sp³-hybridized carbons (Fsp3) is 0.250. The van der Waals surface area contributed by atoms with Crippen LogP contribution in [0.4, 0.5) is 0 Å². The predicted octanol–water partition coefficient (Wildman–Crippen LogP) is 15.1. The first-order valence-electron chi connectivity index (χ1n) is 21.9. The molecule has 6 aromatic carbocycles. The quantitative estimate of drug-likeness (QED) is 0.154. The third-order valence-electron chi connectivity index (χ3n) is 11.5. The van der Waals surface area contributed by atoms with E-state index in [4.69, 9.17) is 11.3 Å². The Bertz CT molecular complexity index is 2960. The van der Waals surface area contributed by atoms with E-state index in [-0.39, 0.29) is 37.6 Å². The molecule has 61 heavy (non-hydrogen) atoms. The van der Waals surface area contributed by atoms with Gasteiger partial charge in [0.1, 0.15) is 11.6 Å². The van der Waals surface area contributed by atoms with Crippen molar-refractivity contribution >= 4 is 11.0 Å². The van der Waals surface area contributed by atoms with Crippen molar-refractivity contribution in [3.05, 3.63) is 168 Å². The number of aromatic hydroxyl groups is 1. The molecule has 0 fully saturated rings. The van der Waals surface area contributed by atoms with Crippen LogP contribution in [0.25, 0.3) is 72.7 Å². The summed E-state index contributed by atoms with van der Waals surface area (Å²) in [5.41, 5.74) is 14.8. The zero-order valence-electron chi connectivity index (χ0n) is 38.9. The van der Waals surface area contributed by atoms with E-state index in [1.165, 1.54) is 5.56 Å². The van der Waals surface area contributed by atoms with Gasteiger partial charge >= 0.3 is 0 Å². The Morgan fingerprint density at radius 1 is 0.623 bits per heavy atom. The molecule has 0 radical (unpaired) electrons. The Kier molecular flexibility index (Phi) is 11.4. The van der Waals surface area contributed by atoms with Crippen molar-refractivity contribution in [3.8, 4) is 67.5 Å². The number of imidazole rings is 1. The number of hydrogen-bond donors (Lipinski definition) is 1. The fourth-order valence-corrected chi connectivity index (χ4v) is 8.15. The van der Waals surface area contributed by atoms with Gasteiger partial charge in [-0.2, -0.15) is 0 Å². The van der Waals surface area contributed by atoms with Crippen LogP contribution in [0.5, 0.6) is 5.75 Å². The van der Waals surface area contributed by atoms with Gasteiger partial charge < -0.3 is 5.11 Å². The summed E-state index contributed by atoms with van der Waals surface area (Å²) in [6.45, 7) is 21.0. The molecule has 0 bridgehead atoms. The molecule has 0 aliphatic rings. The summed E-state index contributed by atoms with van der Waals surface area (Å²) in [5.74, 6) is -0.870. The van der Waals surface area contributed by atoms with Crippen LogP contribution in [0.1, 0.15) is 106 Å². The maximum absolute atomic E-state index is 11.4. The number of benzene rings is 6. The zero-order chi connectivity index (χ0) is 44.4. The van der Waals surface area contributed by atoms with Crippen LogP contribution in [0, 0.1) is 6.07 Å². The monoisotopic (exact) mass is 983 g/mol. The number of aromatic nitrogens is 3. The summed E-state index contributed by atoms with van der Waals surface area (Å²) < 4.78 is 20.0. The summed E-state index contributed by atoms with van der Waals surface area (Å²) in [6.07, 6.45) is 1.85. The van der Waals surface area contributed by atoms with Gasteiger partial charge in [-0.3, -0.25) is 9.55 Å². The number of pyridine rings is 1. The number of nitrogens with zero attached hydrogens (tertiary/aromatic N) is 3. The molecule has 0 amide bonds. The van der Waals surface area contributed by atoms with Gasteiger partial charge in [0.25, 0.3) is 0 Å². The molecule has 2 aromatic heterocycles. The summed E-state index contributed by atoms with van der Waals surface area (Å²) in [5, 5.41) is 11.4. The summed E-state index contributed by atoms with van der Waals surface area (Å²) in [6, 6.07) is 49.0. The van der Waals surface area contributed by atoms with Gasteiger partial charge in [-0.25, -0.2) is 4.98 Å². The molecule has 0 atom stereocenters. The summed E-state index contributed by atoms with van der Waals surface area (Å²) >= 11 is 0. The SMILES string of the molecule is [2H]C(C)(C)c1ccc(-c2ccnc(-c3[c-]c(-c4cccc5c4nc(-c4ccccc4O)n5-c4ccc(-c5ccccc5C(C)(C)C)c(C([2H])(C)C)c4)cc(C(C)(C)C)c3)c2)cc1.[Pt]. The third-order valence-corrected chi connectivity index (χ3v) is 11.5. The minimum Gasteiger partial charge on any atom is -0.507 e. The third kappa shape index (κ3) is 8.66. The van der Waals surface area contributed by atoms with Crippen LogP contribution < -0.4 is 0 Å². The Morgan fingerprint density at radius 2 is 1.30 bits per heavy atom. The van der Waals surface area contributed by atoms with E-state index in [9.17, 15) is 6.48 Å². The molecule has 312 valence electrons. The molecule has 8 aromatic rings. The van der Waals surface area contributed by atoms with Crippen LogP contribution in [-0.2, 0) is 31.9 Å². The van der Waals surface area contributed by atoms with Crippen molar-refractivity contribution in [2.45, 2.75) is 91.9 Å². The maximum atomic E-state index is 11.4. The van der Waals surface area contributed by atoms with Gasteiger partial charge in [0.15, 0.2) is 0 Å². The Labute approximate surface area is 379 Å². The molecule has 2 heterocycles. The standard InChI is InChI=1S/C56H56N3O.Pt/c1-35(2)37-22-24-38(25-23-37)39-28-29-57-50(33-39)41-30-40(31-42(32-41)55(5,6)7)44-18-15-20-51-53(44)58-54(47-17-12-14-21-52(47)60)59(51)43-26-27-45(48(34-43)36(3)4)46-16-11-13-19-49(46)56(8,9)10;/h11-29,31-36,60H,1-10H3;/q-1;/i35D,36D;. The topological polar surface area (TPSA) is 50.9 Å². The molecule has 4 nitrogen and oxygen atoms in total. The molecule has 0 spiro atoms. The van der Waals surface area contributed by atoms with E-state index >= 15 is 0 Å². The van der Waals surface area contributed by atoms with E-state index in [0.717, 1.165) is 78.0 Å². The largest absolute Gasteiger partial charge is 0.507 e. The van der Waals surface area contributed by atoms with Crippen molar-refractivity contribution in [1.29, 1.82) is 0 Å². The summed E-state index contributed by atoms with van der Waals surface area (Å²) in [4.78, 5) is 10.3. The molecule has 0 aliphatic heterocycles. The van der Waals surface area contributed by atoms with E-state index in [1.54, 1.807) is 6.07 Å². The van der Waals surface area contributed by atoms with Crippen LogP contribution in [-0.4, -0.2) is 19.6 Å². The van der Waals surface area contributed by atoms with Crippen LogP contribution in [0.3, 0.4) is 0 Å². The Hall–Kier alpha value is -5.57. The van der Waals surface area contributed by atoms with Gasteiger partial charge in [-0.15, -0.1) is 29.3 Å². The predicted molar refractivity (Wildman–Crippen MR) is 252 cm³/mol. The first-order chi connectivity index (χ1) is 29.2. The van der Waals surface area contributed by atoms with Crippen molar-refractivity contribution in [2.75, 3.05) is 0 Å². The molecule has 0 aliphatic carbocycles. The Morgan fingerprint density at radius 3 is 1.97 bits per heavy atom. The van der Waals surface area contributed by atoms with Gasteiger partial charge in [-0.05, 0) is 98.0 Å². The molecule has 1 N–H and O–H groups in total. The number of hydrogen-bond acceptors (Lipinski definition) is 3. The normalized spacial score (nSPS) is 12.8. The average Bonchev–Trinajstić information content (AvgIpc) is 3.62. The maximum Gasteiger partial charge on any atom is 0.148 e. The second kappa shape index (κ2) is 17.1. The van der Waals surface area contributed by atoms with E-state index < -0.39 is 11.8 Å². The van der Waals surface area contributed by atoms with Gasteiger partial charge in [0, 0.05) is 41.4 Å². The molecule has 0 saturated heterocycles. The Balaban J connectivity index is 0.00000595. The number of rotatable bonds is 8. The van der Waals surface area contributed by atoms with Crippen molar-refractivity contribution in [3.63, 3.8) is 0 Å². The second-order valence-corrected chi connectivity index (χ2v) is 18.4. The first-order valence-corrected chi connectivity index (χ1v) is 20.9. The second-order valence-electron chi connectivity index (χ2n) is 18.4. The smallest absolute Gasteiger partial charge is 0.148 e. The number of para-hydroxylation sites is 2. The molecular weight excluding hydrogens is 926 g/mol. The molecule has 8 rings (SSSR count). The number of phenols is 1. The number of fused-ring (bicyclic) bond motifs is 1. The minimum atomic E-state index is -0.931. The first kappa shape index (κ1) is 40.8. The van der Waals surface area contributed by atoms with Crippen molar-refractivity contribution in [2.24, 2.45) is 0 Å². The molecule has 5 heteroatoms. The van der Waals surface area contributed by atoms with E-state index in [1.807, 2.05) is 70.3 Å². The van der Waals surface area contributed by atoms with Crippen LogP contribution in [0.15, 0.2) is 140 Å². The van der Waals surface area contributed by atoms with E-state index in [2.05, 4.69) is 143 Å². The molecule has 0 saturated carbocycles. The molecule has 0 unspecified atom stereocenters. The zero-order valence-corrected chi connectivity index (χ0v) is 39.2. The van der Waals surface area contributed by atoms with Gasteiger partial charge in [0.05, 0.1) is 16.6 Å². The summed E-state index contributed by atoms with van der Waals surface area (Å²) in [7, 11) is 0. The van der Waals surface area contributed by atoms with Crippen molar-refractivity contribution in [1.82, 2.24) is 14.5 Å². The van der Waals surface area contributed by atoms with Crippen LogP contribution in [0.2, 0.25) is 0 Å². The van der Waals surface area contributed by atoms with Crippen molar-refractivity contribution < 1.29 is 28.9 Å². The van der Waals surface area contributed by atoms with E-state index in [0.29, 0.717) is 11.4 Å². The average molecular weight is 984 g/mol.